The third-order valence-electron chi connectivity index (χ3n) is 8.03. The van der Waals surface area contributed by atoms with Gasteiger partial charge in [0.2, 0.25) is 0 Å². The van der Waals surface area contributed by atoms with Crippen molar-refractivity contribution in [1.29, 1.82) is 0 Å². The van der Waals surface area contributed by atoms with Crippen LogP contribution in [0, 0.1) is 0 Å². The number of para-hydroxylation sites is 1. The lowest BCUT2D eigenvalue weighted by Gasteiger charge is -2.37. The number of rotatable bonds is 6. The summed E-state index contributed by atoms with van der Waals surface area (Å²) in [5.74, 6) is 4.26. The number of phenols is 1. The van der Waals surface area contributed by atoms with E-state index in [0.717, 1.165) is 43.6 Å². The zero-order valence-electron chi connectivity index (χ0n) is 23.8. The Morgan fingerprint density at radius 3 is 2.60 bits per heavy atom. The standard InChI is InChI=1S/C31H35ClN6O5/c32-25-19-21(5-6-27(25)39)20-28(29(40)35-15-14-34-23-7-12-33-13-8-23)43-31(42)37-16-10-24(11-17-37)38-18-9-22-3-1-2-4-26(22)36-30(38)41/h1-6,19,23-24,28,33,39H,7-13,16-18,20H2,(H,36,41)/t28-/m1/s1. The number of amides is 4. The first-order valence-electron chi connectivity index (χ1n) is 14.6. The second-order valence-electron chi connectivity index (χ2n) is 10.9. The Morgan fingerprint density at radius 2 is 1.84 bits per heavy atom. The van der Waals surface area contributed by atoms with Crippen molar-refractivity contribution in [1.82, 2.24) is 15.1 Å². The van der Waals surface area contributed by atoms with Crippen molar-refractivity contribution in [3.05, 3.63) is 58.6 Å². The fraction of sp³-hybridized carbons (Fsp3) is 0.452. The zero-order chi connectivity index (χ0) is 30.2. The van der Waals surface area contributed by atoms with Gasteiger partial charge in [0, 0.05) is 37.8 Å². The number of benzene rings is 2. The molecule has 11 nitrogen and oxygen atoms in total. The molecule has 2 fully saturated rings. The molecule has 2 aromatic carbocycles. The molecule has 0 saturated carbocycles. The lowest BCUT2D eigenvalue weighted by Crippen LogP contribution is -2.50. The summed E-state index contributed by atoms with van der Waals surface area (Å²) < 4.78 is 5.68. The van der Waals surface area contributed by atoms with E-state index in [1.54, 1.807) is 11.0 Å². The van der Waals surface area contributed by atoms with Crippen LogP contribution in [-0.4, -0.2) is 95.6 Å². The Hall–Kier alpha value is -4.14. The van der Waals surface area contributed by atoms with E-state index in [1.807, 2.05) is 29.2 Å². The van der Waals surface area contributed by atoms with Crippen LogP contribution >= 0.6 is 11.6 Å². The smallest absolute Gasteiger partial charge is 0.410 e. The van der Waals surface area contributed by atoms with Gasteiger partial charge in [0.1, 0.15) is 5.75 Å². The van der Waals surface area contributed by atoms with Gasteiger partial charge in [-0.05, 0) is 74.5 Å². The number of anilines is 1. The van der Waals surface area contributed by atoms with Gasteiger partial charge in [-0.3, -0.25) is 4.79 Å². The number of hydrogen-bond donors (Lipinski definition) is 3. The van der Waals surface area contributed by atoms with Crippen molar-refractivity contribution in [2.24, 2.45) is 9.98 Å². The Bertz CT molecular complexity index is 1440. The number of aromatic hydroxyl groups is 1. The van der Waals surface area contributed by atoms with Crippen LogP contribution in [0.15, 0.2) is 52.4 Å². The van der Waals surface area contributed by atoms with E-state index in [0.29, 0.717) is 38.0 Å². The van der Waals surface area contributed by atoms with Crippen molar-refractivity contribution in [3.63, 3.8) is 0 Å². The number of fused-ring (bicyclic) bond motifs is 1. The molecule has 226 valence electrons. The van der Waals surface area contributed by atoms with Crippen LogP contribution in [0.25, 0.3) is 0 Å². The zero-order valence-corrected chi connectivity index (χ0v) is 24.6. The molecule has 12 heteroatoms. The molecule has 3 aliphatic rings. The molecule has 1 atom stereocenters. The van der Waals surface area contributed by atoms with E-state index >= 15 is 0 Å². The molecule has 0 unspecified atom stereocenters. The summed E-state index contributed by atoms with van der Waals surface area (Å²) >= 11 is 6.06. The number of likely N-dealkylation sites (tertiary alicyclic amines) is 1. The number of halogens is 1. The molecule has 43 heavy (non-hydrogen) atoms. The van der Waals surface area contributed by atoms with Crippen LogP contribution in [0.3, 0.4) is 0 Å². The molecule has 3 N–H and O–H groups in total. The third kappa shape index (κ3) is 8.03. The Kier molecular flexibility index (Phi) is 10.1. The summed E-state index contributed by atoms with van der Waals surface area (Å²) in [6, 6.07) is 12.2. The summed E-state index contributed by atoms with van der Waals surface area (Å²) in [6.45, 7) is 3.08. The molecule has 3 aliphatic heterocycles. The van der Waals surface area contributed by atoms with E-state index in [9.17, 15) is 19.5 Å². The summed E-state index contributed by atoms with van der Waals surface area (Å²) in [7, 11) is 0. The average Bonchev–Trinajstić information content (AvgIpc) is 3.19. The highest BCUT2D eigenvalue weighted by Gasteiger charge is 2.33. The number of ether oxygens (including phenoxy) is 1. The molecule has 5 rings (SSSR count). The summed E-state index contributed by atoms with van der Waals surface area (Å²) in [5, 5.41) is 16.2. The van der Waals surface area contributed by atoms with E-state index in [-0.39, 0.29) is 35.3 Å². The van der Waals surface area contributed by atoms with Crippen molar-refractivity contribution in [2.75, 3.05) is 38.0 Å². The van der Waals surface area contributed by atoms with Crippen LogP contribution in [0.4, 0.5) is 15.3 Å². The van der Waals surface area contributed by atoms with Gasteiger partial charge in [0.15, 0.2) is 6.10 Å². The first kappa shape index (κ1) is 30.3. The molecule has 0 aliphatic carbocycles. The van der Waals surface area contributed by atoms with Crippen LogP contribution in [0.5, 0.6) is 5.75 Å². The quantitative estimate of drug-likeness (QED) is 0.428. The molecule has 0 radical (unpaired) electrons. The molecule has 4 amide bonds. The number of hydrogen-bond acceptors (Lipinski definition) is 7. The number of carbonyl (C=O) groups excluding carboxylic acids is 3. The van der Waals surface area contributed by atoms with Crippen molar-refractivity contribution in [2.45, 2.75) is 56.7 Å². The van der Waals surface area contributed by atoms with Crippen molar-refractivity contribution in [3.8, 4) is 5.75 Å². The Balaban J connectivity index is 1.21. The minimum atomic E-state index is -1.24. The van der Waals surface area contributed by atoms with Gasteiger partial charge in [0.05, 0.1) is 22.8 Å². The number of phenolic OH excluding ortho intramolecular Hbond substituents is 1. The fourth-order valence-corrected chi connectivity index (χ4v) is 5.78. The van der Waals surface area contributed by atoms with Gasteiger partial charge in [0.25, 0.3) is 5.91 Å². The van der Waals surface area contributed by atoms with Gasteiger partial charge in [-0.15, -0.1) is 0 Å². The van der Waals surface area contributed by atoms with Gasteiger partial charge in [-0.2, -0.15) is 4.99 Å². The molecule has 2 aromatic rings. The maximum atomic E-state index is 13.2. The first-order chi connectivity index (χ1) is 20.9. The van der Waals surface area contributed by atoms with Crippen LogP contribution in [0.1, 0.15) is 36.8 Å². The fourth-order valence-electron chi connectivity index (χ4n) is 5.57. The molecule has 0 spiro atoms. The number of aliphatic imine (C=N–C) groups is 2. The lowest BCUT2D eigenvalue weighted by molar-refractivity contribution is -0.126. The largest absolute Gasteiger partial charge is 0.506 e. The second-order valence-corrected chi connectivity index (χ2v) is 11.3. The number of carbonyl (C=O) groups is 3. The molecule has 2 saturated heterocycles. The minimum Gasteiger partial charge on any atom is -0.506 e. The monoisotopic (exact) mass is 606 g/mol. The lowest BCUT2D eigenvalue weighted by atomic mass is 10.0. The highest BCUT2D eigenvalue weighted by molar-refractivity contribution is 6.32. The summed E-state index contributed by atoms with van der Waals surface area (Å²) in [4.78, 5) is 50.7. The van der Waals surface area contributed by atoms with Crippen LogP contribution in [-0.2, 0) is 22.4 Å². The SMILES string of the molecule is O=C(N=C=C=NC1CCNCC1)[C@@H](Cc1ccc(O)c(Cl)c1)OC(=O)N1CCC(N2CCc3ccccc3NC2=O)CC1. The molecular formula is C31H35ClN6O5. The Morgan fingerprint density at radius 1 is 1.07 bits per heavy atom. The van der Waals surface area contributed by atoms with E-state index in [1.165, 1.54) is 12.1 Å². The molecule has 3 heterocycles. The van der Waals surface area contributed by atoms with Crippen molar-refractivity contribution >= 4 is 47.1 Å². The predicted octanol–water partition coefficient (Wildman–Crippen LogP) is 3.82. The van der Waals surface area contributed by atoms with Gasteiger partial charge >= 0.3 is 12.1 Å². The predicted molar refractivity (Wildman–Crippen MR) is 163 cm³/mol. The average molecular weight is 607 g/mol. The maximum absolute atomic E-state index is 13.2. The number of piperidine rings is 2. The highest BCUT2D eigenvalue weighted by Crippen LogP contribution is 2.26. The van der Waals surface area contributed by atoms with Crippen LogP contribution < -0.4 is 10.6 Å². The summed E-state index contributed by atoms with van der Waals surface area (Å²) in [5.41, 5.74) is 2.51. The number of urea groups is 1. The van der Waals surface area contributed by atoms with E-state index < -0.39 is 18.1 Å². The van der Waals surface area contributed by atoms with E-state index in [4.69, 9.17) is 16.3 Å². The Labute approximate surface area is 255 Å². The topological polar surface area (TPSA) is 136 Å². The van der Waals surface area contributed by atoms with E-state index in [2.05, 4.69) is 32.4 Å². The highest BCUT2D eigenvalue weighted by atomic mass is 35.5. The maximum Gasteiger partial charge on any atom is 0.410 e. The minimum absolute atomic E-state index is 0.00612. The molecular weight excluding hydrogens is 572 g/mol. The third-order valence-corrected chi connectivity index (χ3v) is 8.33. The summed E-state index contributed by atoms with van der Waals surface area (Å²) in [6.07, 6.45) is 1.78. The normalized spacial score (nSPS) is 18.3. The molecule has 0 bridgehead atoms. The first-order valence-corrected chi connectivity index (χ1v) is 15.0. The van der Waals surface area contributed by atoms with Gasteiger partial charge in [-0.1, -0.05) is 35.9 Å². The van der Waals surface area contributed by atoms with Gasteiger partial charge < -0.3 is 30.3 Å². The second kappa shape index (κ2) is 14.4. The van der Waals surface area contributed by atoms with Crippen LogP contribution in [0.2, 0.25) is 5.02 Å². The molecule has 0 aromatic heterocycles. The van der Waals surface area contributed by atoms with Crippen molar-refractivity contribution < 1.29 is 24.2 Å². The number of nitrogens with one attached hydrogen (secondary N) is 2. The van der Waals surface area contributed by atoms with Gasteiger partial charge in [-0.25, -0.2) is 14.6 Å². The number of nitrogens with zero attached hydrogens (tertiary/aromatic N) is 4.